The number of rotatable bonds is 1. The Balaban J connectivity index is 2.24. The maximum Gasteiger partial charge on any atom is 0.252 e. The van der Waals surface area contributed by atoms with Gasteiger partial charge in [-0.1, -0.05) is 0 Å². The first kappa shape index (κ1) is 13.4. The third kappa shape index (κ3) is 1.82. The molecule has 2 heterocycles. The molecule has 1 unspecified atom stereocenters. The molecule has 2 aromatic rings. The largest absolute Gasteiger partial charge is 0.330 e. The summed E-state index contributed by atoms with van der Waals surface area (Å²) in [7, 11) is 1.44. The van der Waals surface area contributed by atoms with E-state index in [9.17, 15) is 14.0 Å². The molecule has 0 bridgehead atoms. The van der Waals surface area contributed by atoms with E-state index < -0.39 is 11.9 Å². The zero-order valence-electron chi connectivity index (χ0n) is 10.3. The number of imide groups is 1. The summed E-state index contributed by atoms with van der Waals surface area (Å²) in [6.45, 7) is 0. The monoisotopic (exact) mass is 357 g/mol. The number of fused-ring (bicyclic) bond motifs is 1. The summed E-state index contributed by atoms with van der Waals surface area (Å²) < 4.78 is 15.7. The van der Waals surface area contributed by atoms with Crippen LogP contribution >= 0.6 is 28.1 Å². The Kier molecular flexibility index (Phi) is 3.02. The lowest BCUT2D eigenvalue weighted by Gasteiger charge is -2.11. The minimum absolute atomic E-state index is 0.0611. The maximum atomic E-state index is 13.5. The molecule has 1 N–H and O–H groups in total. The number of carbonyl (C=O) groups is 2. The fourth-order valence-electron chi connectivity index (χ4n) is 2.37. The molecule has 0 spiro atoms. The minimum Gasteiger partial charge on any atom is -0.330 e. The molecule has 20 heavy (non-hydrogen) atoms. The first-order chi connectivity index (χ1) is 9.40. The highest BCUT2D eigenvalue weighted by Crippen LogP contribution is 2.30. The SMILES string of the molecule is CN1C(=O)CC(n2c(=S)[nH]c3cc(F)c(Br)cc32)C1=O. The van der Waals surface area contributed by atoms with Gasteiger partial charge in [0.1, 0.15) is 11.9 Å². The van der Waals surface area contributed by atoms with Crippen LogP contribution in [0.3, 0.4) is 0 Å². The van der Waals surface area contributed by atoms with Crippen LogP contribution < -0.4 is 0 Å². The number of aromatic nitrogens is 2. The normalized spacial score (nSPS) is 19.4. The van der Waals surface area contributed by atoms with Crippen LogP contribution in [0.2, 0.25) is 0 Å². The number of imidazole rings is 1. The Morgan fingerprint density at radius 3 is 2.75 bits per heavy atom. The number of hydrogen-bond acceptors (Lipinski definition) is 3. The summed E-state index contributed by atoms with van der Waals surface area (Å²) in [6, 6.07) is 2.18. The predicted molar refractivity (Wildman–Crippen MR) is 76.2 cm³/mol. The molecule has 5 nitrogen and oxygen atoms in total. The highest BCUT2D eigenvalue weighted by atomic mass is 79.9. The van der Waals surface area contributed by atoms with Crippen molar-refractivity contribution in [3.05, 3.63) is 27.2 Å². The number of carbonyl (C=O) groups excluding carboxylic acids is 2. The smallest absolute Gasteiger partial charge is 0.252 e. The molecule has 8 heteroatoms. The number of amides is 2. The zero-order valence-corrected chi connectivity index (χ0v) is 12.7. The second-order valence-corrected chi connectivity index (χ2v) is 5.84. The van der Waals surface area contributed by atoms with E-state index in [1.807, 2.05) is 0 Å². The molecule has 0 saturated carbocycles. The van der Waals surface area contributed by atoms with Gasteiger partial charge in [-0.15, -0.1) is 0 Å². The standard InChI is InChI=1S/C12H9BrFN3O2S/c1-16-10(18)4-9(11(16)19)17-8-2-5(13)6(14)3-7(8)15-12(17)20/h2-3,9H,4H2,1H3,(H,15,20). The van der Waals surface area contributed by atoms with Gasteiger partial charge in [0.25, 0.3) is 5.91 Å². The quantitative estimate of drug-likeness (QED) is 0.630. The second kappa shape index (κ2) is 4.49. The number of hydrogen-bond donors (Lipinski definition) is 1. The minimum atomic E-state index is -0.675. The van der Waals surface area contributed by atoms with E-state index in [1.165, 1.54) is 13.1 Å². The summed E-state index contributed by atoms with van der Waals surface area (Å²) in [6.07, 6.45) is 0.0611. The molecular formula is C12H9BrFN3O2S. The molecule has 1 aliphatic rings. The number of likely N-dealkylation sites (N-methyl/N-ethyl adjacent to an activating group) is 1. The number of halogens is 2. The van der Waals surface area contributed by atoms with Crippen molar-refractivity contribution in [1.29, 1.82) is 0 Å². The van der Waals surface area contributed by atoms with Gasteiger partial charge in [-0.05, 0) is 34.2 Å². The zero-order chi connectivity index (χ0) is 14.6. The summed E-state index contributed by atoms with van der Waals surface area (Å²) in [4.78, 5) is 27.7. The Labute approximate surface area is 126 Å². The van der Waals surface area contributed by atoms with Crippen molar-refractivity contribution in [2.24, 2.45) is 0 Å². The molecule has 1 aliphatic heterocycles. The van der Waals surface area contributed by atoms with E-state index in [4.69, 9.17) is 12.2 Å². The fraction of sp³-hybridized carbons (Fsp3) is 0.250. The lowest BCUT2D eigenvalue weighted by Crippen LogP contribution is -2.26. The number of H-pyrrole nitrogens is 1. The van der Waals surface area contributed by atoms with Crippen molar-refractivity contribution in [3.63, 3.8) is 0 Å². The number of aromatic amines is 1. The highest BCUT2D eigenvalue weighted by Gasteiger charge is 2.38. The van der Waals surface area contributed by atoms with E-state index in [2.05, 4.69) is 20.9 Å². The molecular weight excluding hydrogens is 349 g/mol. The molecule has 1 aromatic heterocycles. The van der Waals surface area contributed by atoms with Crippen molar-refractivity contribution in [2.45, 2.75) is 12.5 Å². The topological polar surface area (TPSA) is 58.1 Å². The molecule has 0 aliphatic carbocycles. The summed E-state index contributed by atoms with van der Waals surface area (Å²) in [5.41, 5.74) is 1.08. The third-order valence-corrected chi connectivity index (χ3v) is 4.33. The van der Waals surface area contributed by atoms with Gasteiger partial charge in [0.05, 0.1) is 21.9 Å². The van der Waals surface area contributed by atoms with Crippen LogP contribution in [0.5, 0.6) is 0 Å². The van der Waals surface area contributed by atoms with Gasteiger partial charge in [-0.2, -0.15) is 0 Å². The summed E-state index contributed by atoms with van der Waals surface area (Å²) >= 11 is 8.30. The number of likely N-dealkylation sites (tertiary alicyclic amines) is 1. The van der Waals surface area contributed by atoms with Crippen LogP contribution in [0.15, 0.2) is 16.6 Å². The molecule has 3 rings (SSSR count). The maximum absolute atomic E-state index is 13.5. The molecule has 1 aromatic carbocycles. The van der Waals surface area contributed by atoms with Gasteiger partial charge >= 0.3 is 0 Å². The van der Waals surface area contributed by atoms with E-state index in [0.717, 1.165) is 4.90 Å². The Hall–Kier alpha value is -1.54. The van der Waals surface area contributed by atoms with E-state index in [-0.39, 0.29) is 22.7 Å². The Bertz CT molecular complexity index is 813. The summed E-state index contributed by atoms with van der Waals surface area (Å²) in [5, 5.41) is 0. The van der Waals surface area contributed by atoms with Crippen LogP contribution in [0.1, 0.15) is 12.5 Å². The van der Waals surface area contributed by atoms with Gasteiger partial charge in [0.2, 0.25) is 5.91 Å². The van der Waals surface area contributed by atoms with Crippen molar-refractivity contribution in [3.8, 4) is 0 Å². The van der Waals surface area contributed by atoms with Gasteiger partial charge < -0.3 is 9.55 Å². The van der Waals surface area contributed by atoms with E-state index in [1.54, 1.807) is 10.6 Å². The lowest BCUT2D eigenvalue weighted by atomic mass is 10.2. The van der Waals surface area contributed by atoms with Crippen LogP contribution in [0.4, 0.5) is 4.39 Å². The van der Waals surface area contributed by atoms with Crippen LogP contribution in [0, 0.1) is 10.6 Å². The molecule has 2 amide bonds. The van der Waals surface area contributed by atoms with Gasteiger partial charge in [-0.3, -0.25) is 14.5 Å². The average Bonchev–Trinajstić information content (AvgIpc) is 2.81. The molecule has 1 atom stereocenters. The average molecular weight is 358 g/mol. The Morgan fingerprint density at radius 1 is 1.45 bits per heavy atom. The fourth-order valence-corrected chi connectivity index (χ4v) is 3.03. The van der Waals surface area contributed by atoms with Crippen molar-refractivity contribution >= 4 is 51.0 Å². The molecule has 1 saturated heterocycles. The Morgan fingerprint density at radius 2 is 2.15 bits per heavy atom. The van der Waals surface area contributed by atoms with Gasteiger partial charge in [0.15, 0.2) is 4.77 Å². The van der Waals surface area contributed by atoms with Crippen LogP contribution in [-0.2, 0) is 9.59 Å². The van der Waals surface area contributed by atoms with Crippen LogP contribution in [0.25, 0.3) is 11.0 Å². The van der Waals surface area contributed by atoms with Crippen molar-refractivity contribution < 1.29 is 14.0 Å². The first-order valence-corrected chi connectivity index (χ1v) is 7.00. The summed E-state index contributed by atoms with van der Waals surface area (Å²) in [5.74, 6) is -0.989. The van der Waals surface area contributed by atoms with Gasteiger partial charge in [0, 0.05) is 13.1 Å². The highest BCUT2D eigenvalue weighted by molar-refractivity contribution is 9.10. The number of nitrogens with zero attached hydrogens (tertiary/aromatic N) is 2. The first-order valence-electron chi connectivity index (χ1n) is 5.80. The van der Waals surface area contributed by atoms with E-state index in [0.29, 0.717) is 15.8 Å². The third-order valence-electron chi connectivity index (χ3n) is 3.43. The lowest BCUT2D eigenvalue weighted by molar-refractivity contribution is -0.137. The second-order valence-electron chi connectivity index (χ2n) is 4.59. The van der Waals surface area contributed by atoms with Gasteiger partial charge in [-0.25, -0.2) is 4.39 Å². The molecule has 0 radical (unpaired) electrons. The van der Waals surface area contributed by atoms with Crippen molar-refractivity contribution in [2.75, 3.05) is 7.05 Å². The molecule has 104 valence electrons. The number of benzene rings is 1. The van der Waals surface area contributed by atoms with Crippen LogP contribution in [-0.4, -0.2) is 33.3 Å². The molecule has 1 fully saturated rings. The number of nitrogens with one attached hydrogen (secondary N) is 1. The predicted octanol–water partition coefficient (Wildman–Crippen LogP) is 2.53. The van der Waals surface area contributed by atoms with E-state index >= 15 is 0 Å². The van der Waals surface area contributed by atoms with Crippen molar-refractivity contribution in [1.82, 2.24) is 14.5 Å².